The standard InChI is InChI=1S/C23H38ClN5O2/c1-3-4-5-6-7-8-9-10-11-12-15-27-18-21(29(30)31)23(25-2)28(19-27)17-20-13-14-22(24)26-16-20/h13-14,16,25H,3-12,15,17-19H2,1-2H3. The number of hydrogen-bond donors (Lipinski definition) is 1. The predicted octanol–water partition coefficient (Wildman–Crippen LogP) is 5.40. The molecule has 0 radical (unpaired) electrons. The Morgan fingerprint density at radius 3 is 2.29 bits per heavy atom. The monoisotopic (exact) mass is 451 g/mol. The fraction of sp³-hybridized carbons (Fsp3) is 0.696. The molecule has 0 saturated heterocycles. The normalized spacial score (nSPS) is 14.9. The molecule has 174 valence electrons. The van der Waals surface area contributed by atoms with Crippen LogP contribution in [0, 0.1) is 10.1 Å². The van der Waals surface area contributed by atoms with Crippen molar-refractivity contribution in [1.29, 1.82) is 0 Å². The van der Waals surface area contributed by atoms with Crippen LogP contribution in [-0.2, 0) is 6.54 Å². The number of nitrogens with zero attached hydrogens (tertiary/aromatic N) is 4. The van der Waals surface area contributed by atoms with Gasteiger partial charge in [-0.3, -0.25) is 15.0 Å². The van der Waals surface area contributed by atoms with Crippen LogP contribution in [0.2, 0.25) is 5.15 Å². The van der Waals surface area contributed by atoms with E-state index < -0.39 is 0 Å². The first-order valence-electron chi connectivity index (χ1n) is 11.7. The van der Waals surface area contributed by atoms with E-state index in [2.05, 4.69) is 22.1 Å². The Labute approximate surface area is 192 Å². The molecule has 0 saturated carbocycles. The number of aromatic nitrogens is 1. The third-order valence-corrected chi connectivity index (χ3v) is 6.00. The van der Waals surface area contributed by atoms with Gasteiger partial charge in [-0.25, -0.2) is 4.98 Å². The van der Waals surface area contributed by atoms with Crippen molar-refractivity contribution < 1.29 is 4.92 Å². The second-order valence-electron chi connectivity index (χ2n) is 8.37. The molecule has 0 unspecified atom stereocenters. The fourth-order valence-electron chi connectivity index (χ4n) is 4.10. The molecule has 0 fully saturated rings. The third-order valence-electron chi connectivity index (χ3n) is 5.78. The van der Waals surface area contributed by atoms with Crippen molar-refractivity contribution in [1.82, 2.24) is 20.1 Å². The molecule has 7 nitrogen and oxygen atoms in total. The van der Waals surface area contributed by atoms with E-state index in [0.29, 0.717) is 30.7 Å². The first-order chi connectivity index (χ1) is 15.0. The van der Waals surface area contributed by atoms with Crippen molar-refractivity contribution in [2.45, 2.75) is 77.7 Å². The number of pyridine rings is 1. The zero-order valence-electron chi connectivity index (χ0n) is 19.1. The Hall–Kier alpha value is -1.86. The van der Waals surface area contributed by atoms with Gasteiger partial charge in [0, 0.05) is 26.3 Å². The maximum absolute atomic E-state index is 11.7. The fourth-order valence-corrected chi connectivity index (χ4v) is 4.21. The van der Waals surface area contributed by atoms with Crippen molar-refractivity contribution in [3.63, 3.8) is 0 Å². The maximum Gasteiger partial charge on any atom is 0.299 e. The Morgan fingerprint density at radius 2 is 1.74 bits per heavy atom. The summed E-state index contributed by atoms with van der Waals surface area (Å²) >= 11 is 5.89. The van der Waals surface area contributed by atoms with Crippen LogP contribution in [0.5, 0.6) is 0 Å². The molecule has 1 aliphatic rings. The molecular weight excluding hydrogens is 414 g/mol. The van der Waals surface area contributed by atoms with E-state index in [1.807, 2.05) is 11.0 Å². The zero-order chi connectivity index (χ0) is 22.5. The SMILES string of the molecule is CCCCCCCCCCCCN1CC([N+](=O)[O-])=C(NC)N(Cc2ccc(Cl)nc2)C1. The molecule has 0 aromatic carbocycles. The third kappa shape index (κ3) is 9.03. The molecule has 1 aliphatic heterocycles. The van der Waals surface area contributed by atoms with Crippen molar-refractivity contribution >= 4 is 11.6 Å². The van der Waals surface area contributed by atoms with Crippen LogP contribution in [-0.4, -0.2) is 46.5 Å². The Bertz CT molecular complexity index is 696. The molecule has 1 N–H and O–H groups in total. The summed E-state index contributed by atoms with van der Waals surface area (Å²) in [5.74, 6) is 0.583. The second kappa shape index (κ2) is 14.2. The molecule has 0 atom stereocenters. The van der Waals surface area contributed by atoms with Crippen molar-refractivity contribution in [2.24, 2.45) is 0 Å². The van der Waals surface area contributed by atoms with Gasteiger partial charge >= 0.3 is 0 Å². The lowest BCUT2D eigenvalue weighted by Gasteiger charge is -2.36. The van der Waals surface area contributed by atoms with E-state index in [1.165, 1.54) is 57.8 Å². The quantitative estimate of drug-likeness (QED) is 0.166. The minimum atomic E-state index is -0.260. The second-order valence-corrected chi connectivity index (χ2v) is 8.75. The highest BCUT2D eigenvalue weighted by Crippen LogP contribution is 2.21. The highest BCUT2D eigenvalue weighted by atomic mass is 35.5. The summed E-state index contributed by atoms with van der Waals surface area (Å²) in [6.07, 6.45) is 14.6. The van der Waals surface area contributed by atoms with Gasteiger partial charge in [0.2, 0.25) is 0 Å². The highest BCUT2D eigenvalue weighted by Gasteiger charge is 2.31. The molecule has 31 heavy (non-hydrogen) atoms. The van der Waals surface area contributed by atoms with Gasteiger partial charge in [-0.15, -0.1) is 0 Å². The largest absolute Gasteiger partial charge is 0.369 e. The van der Waals surface area contributed by atoms with Crippen molar-refractivity contribution in [3.8, 4) is 0 Å². The predicted molar refractivity (Wildman–Crippen MR) is 126 cm³/mol. The van der Waals surface area contributed by atoms with Crippen LogP contribution in [0.3, 0.4) is 0 Å². The van der Waals surface area contributed by atoms with Gasteiger partial charge in [-0.2, -0.15) is 0 Å². The van der Waals surface area contributed by atoms with Gasteiger partial charge in [0.1, 0.15) is 5.15 Å². The van der Waals surface area contributed by atoms with E-state index in [-0.39, 0.29) is 10.6 Å². The first kappa shape index (κ1) is 25.4. The molecule has 8 heteroatoms. The van der Waals surface area contributed by atoms with Crippen LogP contribution < -0.4 is 5.32 Å². The summed E-state index contributed by atoms with van der Waals surface area (Å²) in [4.78, 5) is 19.7. The van der Waals surface area contributed by atoms with E-state index >= 15 is 0 Å². The van der Waals surface area contributed by atoms with E-state index in [0.717, 1.165) is 18.5 Å². The van der Waals surface area contributed by atoms with Gasteiger partial charge in [0.05, 0.1) is 18.1 Å². The number of halogens is 1. The summed E-state index contributed by atoms with van der Waals surface area (Å²) in [6, 6.07) is 3.66. The Balaban J connectivity index is 1.81. The highest BCUT2D eigenvalue weighted by molar-refractivity contribution is 6.29. The van der Waals surface area contributed by atoms with Gasteiger partial charge in [-0.05, 0) is 18.1 Å². The molecule has 0 spiro atoms. The van der Waals surface area contributed by atoms with Crippen LogP contribution in [0.25, 0.3) is 0 Å². The van der Waals surface area contributed by atoms with Crippen LogP contribution in [0.4, 0.5) is 0 Å². The summed E-state index contributed by atoms with van der Waals surface area (Å²) in [5.41, 5.74) is 1.20. The lowest BCUT2D eigenvalue weighted by atomic mass is 10.1. The molecule has 2 rings (SSSR count). The van der Waals surface area contributed by atoms with Gasteiger partial charge in [0.25, 0.3) is 5.70 Å². The number of rotatable bonds is 15. The van der Waals surface area contributed by atoms with E-state index in [9.17, 15) is 10.1 Å². The molecular formula is C23H38ClN5O2. The Morgan fingerprint density at radius 1 is 1.10 bits per heavy atom. The van der Waals surface area contributed by atoms with Crippen molar-refractivity contribution in [3.05, 3.63) is 50.7 Å². The zero-order valence-corrected chi connectivity index (χ0v) is 19.9. The van der Waals surface area contributed by atoms with Crippen molar-refractivity contribution in [2.75, 3.05) is 26.8 Å². The van der Waals surface area contributed by atoms with E-state index in [4.69, 9.17) is 11.6 Å². The van der Waals surface area contributed by atoms with Gasteiger partial charge in [-0.1, -0.05) is 82.4 Å². The van der Waals surface area contributed by atoms with Gasteiger partial charge < -0.3 is 10.2 Å². The van der Waals surface area contributed by atoms with Gasteiger partial charge in [0.15, 0.2) is 5.82 Å². The lowest BCUT2D eigenvalue weighted by molar-refractivity contribution is -0.432. The number of nitro groups is 1. The molecule has 1 aromatic rings. The minimum absolute atomic E-state index is 0.225. The average Bonchev–Trinajstić information content (AvgIpc) is 2.76. The summed E-state index contributed by atoms with van der Waals surface area (Å²) in [7, 11) is 1.74. The molecule has 1 aromatic heterocycles. The number of hydrogen-bond acceptors (Lipinski definition) is 6. The summed E-state index contributed by atoms with van der Waals surface area (Å²) < 4.78 is 0. The van der Waals surface area contributed by atoms with E-state index in [1.54, 1.807) is 19.3 Å². The summed E-state index contributed by atoms with van der Waals surface area (Å²) in [5, 5.41) is 15.2. The number of nitrogens with one attached hydrogen (secondary N) is 1. The smallest absolute Gasteiger partial charge is 0.299 e. The average molecular weight is 452 g/mol. The Kier molecular flexibility index (Phi) is 11.7. The topological polar surface area (TPSA) is 74.5 Å². The molecule has 0 amide bonds. The van der Waals surface area contributed by atoms with Crippen LogP contribution >= 0.6 is 11.6 Å². The first-order valence-corrected chi connectivity index (χ1v) is 12.1. The number of unbranched alkanes of at least 4 members (excludes halogenated alkanes) is 9. The molecule has 0 bridgehead atoms. The van der Waals surface area contributed by atoms with Crippen LogP contribution in [0.15, 0.2) is 29.8 Å². The molecule has 0 aliphatic carbocycles. The minimum Gasteiger partial charge on any atom is -0.369 e. The lowest BCUT2D eigenvalue weighted by Crippen LogP contribution is -2.48. The maximum atomic E-state index is 11.7. The van der Waals surface area contributed by atoms with Crippen LogP contribution in [0.1, 0.15) is 76.7 Å². The summed E-state index contributed by atoms with van der Waals surface area (Å²) in [6.45, 7) is 4.70. The molecule has 2 heterocycles.